The van der Waals surface area contributed by atoms with E-state index in [0.29, 0.717) is 17.9 Å². The Balaban J connectivity index is 2.13. The molecule has 0 saturated carbocycles. The molecule has 0 unspecified atom stereocenters. The van der Waals surface area contributed by atoms with E-state index in [1.54, 1.807) is 10.7 Å². The zero-order chi connectivity index (χ0) is 10.7. The number of hydrogen-bond donors (Lipinski definition) is 0. The van der Waals surface area contributed by atoms with Gasteiger partial charge in [0.1, 0.15) is 18.4 Å². The number of hydrogen-bond acceptors (Lipinski definition) is 4. The van der Waals surface area contributed by atoms with Crippen molar-refractivity contribution in [2.24, 2.45) is 0 Å². The Morgan fingerprint density at radius 2 is 2.47 bits per heavy atom. The van der Waals surface area contributed by atoms with Crippen molar-refractivity contribution in [1.29, 1.82) is 0 Å². The summed E-state index contributed by atoms with van der Waals surface area (Å²) in [5.41, 5.74) is 0.570. The van der Waals surface area contributed by atoms with E-state index in [4.69, 9.17) is 4.42 Å². The molecule has 0 radical (unpaired) electrons. The molecule has 15 heavy (non-hydrogen) atoms. The molecule has 0 spiro atoms. The monoisotopic (exact) mass is 205 g/mol. The first-order valence-corrected chi connectivity index (χ1v) is 4.73. The van der Waals surface area contributed by atoms with Crippen LogP contribution in [0.2, 0.25) is 0 Å². The van der Waals surface area contributed by atoms with Crippen molar-refractivity contribution in [2.75, 3.05) is 0 Å². The summed E-state index contributed by atoms with van der Waals surface area (Å²) in [4.78, 5) is 15.7. The van der Waals surface area contributed by atoms with Crippen molar-refractivity contribution in [1.82, 2.24) is 14.8 Å². The molecule has 2 aromatic rings. The third kappa shape index (κ3) is 1.96. The normalized spacial score (nSPS) is 10.5. The lowest BCUT2D eigenvalue weighted by Crippen LogP contribution is -2.10. The number of Topliss-reactive ketones (excluding diaryl/α,β-unsaturated/α-hetero) is 1. The van der Waals surface area contributed by atoms with Gasteiger partial charge in [0.2, 0.25) is 0 Å². The van der Waals surface area contributed by atoms with Gasteiger partial charge in [-0.2, -0.15) is 5.10 Å². The fraction of sp³-hybridized carbons (Fsp3) is 0.300. The van der Waals surface area contributed by atoms with Gasteiger partial charge in [-0.05, 0) is 13.0 Å². The summed E-state index contributed by atoms with van der Waals surface area (Å²) < 4.78 is 6.55. The summed E-state index contributed by atoms with van der Waals surface area (Å²) in [6.45, 7) is 2.68. The molecule has 0 bridgehead atoms. The third-order valence-corrected chi connectivity index (χ3v) is 2.16. The van der Waals surface area contributed by atoms with E-state index < -0.39 is 0 Å². The lowest BCUT2D eigenvalue weighted by Gasteiger charge is -2.00. The van der Waals surface area contributed by atoms with Crippen LogP contribution in [0.5, 0.6) is 0 Å². The molecule has 0 amide bonds. The van der Waals surface area contributed by atoms with Crippen LogP contribution in [0, 0.1) is 0 Å². The van der Waals surface area contributed by atoms with Crippen LogP contribution in [0.25, 0.3) is 0 Å². The molecule has 2 aromatic heterocycles. The predicted octanol–water partition coefficient (Wildman–Crippen LogP) is 1.32. The van der Waals surface area contributed by atoms with Gasteiger partial charge in [0.05, 0.1) is 18.2 Å². The van der Waals surface area contributed by atoms with Crippen LogP contribution < -0.4 is 0 Å². The second kappa shape index (κ2) is 4.08. The van der Waals surface area contributed by atoms with E-state index in [9.17, 15) is 4.79 Å². The molecule has 0 fully saturated rings. The SMILES string of the molecule is CCn1ncnc1CC(=O)c1ccoc1. The molecule has 0 aliphatic carbocycles. The van der Waals surface area contributed by atoms with Gasteiger partial charge >= 0.3 is 0 Å². The number of carbonyl (C=O) groups excluding carboxylic acids is 1. The van der Waals surface area contributed by atoms with E-state index in [1.165, 1.54) is 18.9 Å². The zero-order valence-corrected chi connectivity index (χ0v) is 8.38. The van der Waals surface area contributed by atoms with E-state index in [2.05, 4.69) is 10.1 Å². The highest BCUT2D eigenvalue weighted by Gasteiger charge is 2.12. The molecule has 78 valence electrons. The van der Waals surface area contributed by atoms with Gasteiger partial charge in [-0.3, -0.25) is 4.79 Å². The standard InChI is InChI=1S/C10H11N3O2/c1-2-13-10(11-7-12-13)5-9(14)8-3-4-15-6-8/h3-4,6-7H,2,5H2,1H3. The molecule has 0 N–H and O–H groups in total. The van der Waals surface area contributed by atoms with Crippen molar-refractivity contribution in [3.63, 3.8) is 0 Å². The van der Waals surface area contributed by atoms with E-state index in [0.717, 1.165) is 0 Å². The summed E-state index contributed by atoms with van der Waals surface area (Å²) in [5, 5.41) is 4.00. The summed E-state index contributed by atoms with van der Waals surface area (Å²) in [7, 11) is 0. The summed E-state index contributed by atoms with van der Waals surface area (Å²) in [6.07, 6.45) is 4.64. The second-order valence-corrected chi connectivity index (χ2v) is 3.10. The van der Waals surface area contributed by atoms with Gasteiger partial charge in [0.15, 0.2) is 5.78 Å². The minimum Gasteiger partial charge on any atom is -0.472 e. The van der Waals surface area contributed by atoms with Crippen molar-refractivity contribution in [3.05, 3.63) is 36.3 Å². The lowest BCUT2D eigenvalue weighted by atomic mass is 10.1. The molecule has 0 atom stereocenters. The molecular weight excluding hydrogens is 194 g/mol. The molecule has 2 heterocycles. The smallest absolute Gasteiger partial charge is 0.173 e. The largest absolute Gasteiger partial charge is 0.472 e. The maximum Gasteiger partial charge on any atom is 0.173 e. The molecule has 0 aliphatic heterocycles. The van der Waals surface area contributed by atoms with Crippen LogP contribution in [-0.2, 0) is 13.0 Å². The van der Waals surface area contributed by atoms with Crippen LogP contribution in [-0.4, -0.2) is 20.5 Å². The molecule has 2 rings (SSSR count). The molecule has 0 saturated heterocycles. The van der Waals surface area contributed by atoms with Crippen molar-refractivity contribution < 1.29 is 9.21 Å². The number of aromatic nitrogens is 3. The number of nitrogens with zero attached hydrogens (tertiary/aromatic N) is 3. The predicted molar refractivity (Wildman–Crippen MR) is 52.4 cm³/mol. The van der Waals surface area contributed by atoms with Crippen LogP contribution in [0.4, 0.5) is 0 Å². The van der Waals surface area contributed by atoms with Crippen molar-refractivity contribution in [3.8, 4) is 0 Å². The number of aryl methyl sites for hydroxylation is 1. The van der Waals surface area contributed by atoms with Crippen LogP contribution in [0.3, 0.4) is 0 Å². The van der Waals surface area contributed by atoms with Gasteiger partial charge in [-0.25, -0.2) is 9.67 Å². The maximum atomic E-state index is 11.7. The Labute approximate surface area is 86.7 Å². The Morgan fingerprint density at radius 1 is 1.60 bits per heavy atom. The minimum absolute atomic E-state index is 0.00792. The highest BCUT2D eigenvalue weighted by atomic mass is 16.3. The Morgan fingerprint density at radius 3 is 3.13 bits per heavy atom. The van der Waals surface area contributed by atoms with Gasteiger partial charge in [0, 0.05) is 6.54 Å². The quantitative estimate of drug-likeness (QED) is 0.706. The third-order valence-electron chi connectivity index (χ3n) is 2.16. The molecular formula is C10H11N3O2. The van der Waals surface area contributed by atoms with Crippen LogP contribution >= 0.6 is 0 Å². The van der Waals surface area contributed by atoms with Gasteiger partial charge in [0.25, 0.3) is 0 Å². The Kier molecular flexibility index (Phi) is 2.62. The first kappa shape index (κ1) is 9.64. The summed E-state index contributed by atoms with van der Waals surface area (Å²) in [6, 6.07) is 1.65. The Hall–Kier alpha value is -1.91. The number of ketones is 1. The molecule has 0 aliphatic rings. The number of carbonyl (C=O) groups is 1. The van der Waals surface area contributed by atoms with Gasteiger partial charge < -0.3 is 4.42 Å². The highest BCUT2D eigenvalue weighted by molar-refractivity contribution is 5.96. The molecule has 5 nitrogen and oxygen atoms in total. The van der Waals surface area contributed by atoms with E-state index in [1.807, 2.05) is 6.92 Å². The molecule has 0 aromatic carbocycles. The highest BCUT2D eigenvalue weighted by Crippen LogP contribution is 2.05. The lowest BCUT2D eigenvalue weighted by molar-refractivity contribution is 0.0989. The van der Waals surface area contributed by atoms with Gasteiger partial charge in [-0.15, -0.1) is 0 Å². The topological polar surface area (TPSA) is 60.9 Å². The Bertz CT molecular complexity index is 445. The number of rotatable bonds is 4. The van der Waals surface area contributed by atoms with Crippen LogP contribution in [0.15, 0.2) is 29.3 Å². The van der Waals surface area contributed by atoms with Crippen molar-refractivity contribution in [2.45, 2.75) is 19.9 Å². The van der Waals surface area contributed by atoms with E-state index >= 15 is 0 Å². The average molecular weight is 205 g/mol. The van der Waals surface area contributed by atoms with Gasteiger partial charge in [-0.1, -0.05) is 0 Å². The molecule has 5 heteroatoms. The maximum absolute atomic E-state index is 11.7. The summed E-state index contributed by atoms with van der Waals surface area (Å²) in [5.74, 6) is 0.676. The van der Waals surface area contributed by atoms with E-state index in [-0.39, 0.29) is 12.2 Å². The second-order valence-electron chi connectivity index (χ2n) is 3.10. The first-order valence-electron chi connectivity index (χ1n) is 4.73. The first-order chi connectivity index (χ1) is 7.31. The average Bonchev–Trinajstić information content (AvgIpc) is 2.87. The zero-order valence-electron chi connectivity index (χ0n) is 8.38. The fourth-order valence-corrected chi connectivity index (χ4v) is 1.36. The van der Waals surface area contributed by atoms with Crippen molar-refractivity contribution >= 4 is 5.78 Å². The fourth-order valence-electron chi connectivity index (χ4n) is 1.36. The number of furan rings is 1. The minimum atomic E-state index is -0.00792. The van der Waals surface area contributed by atoms with Crippen LogP contribution in [0.1, 0.15) is 23.1 Å². The summed E-state index contributed by atoms with van der Waals surface area (Å²) >= 11 is 0.